The molecule has 0 bridgehead atoms. The summed E-state index contributed by atoms with van der Waals surface area (Å²) >= 11 is 0. The van der Waals surface area contributed by atoms with Gasteiger partial charge in [-0.2, -0.15) is 5.10 Å². The van der Waals surface area contributed by atoms with Gasteiger partial charge in [0.2, 0.25) is 0 Å². The minimum Gasteiger partial charge on any atom is -0.347 e. The van der Waals surface area contributed by atoms with Crippen molar-refractivity contribution < 1.29 is 18.7 Å². The van der Waals surface area contributed by atoms with Crippen LogP contribution >= 0.6 is 0 Å². The van der Waals surface area contributed by atoms with E-state index < -0.39 is 5.79 Å². The van der Waals surface area contributed by atoms with Gasteiger partial charge in [-0.25, -0.2) is 9.07 Å². The van der Waals surface area contributed by atoms with E-state index in [-0.39, 0.29) is 11.7 Å². The second kappa shape index (κ2) is 6.24. The summed E-state index contributed by atoms with van der Waals surface area (Å²) in [7, 11) is 0. The predicted molar refractivity (Wildman–Crippen MR) is 88.0 cm³/mol. The van der Waals surface area contributed by atoms with Crippen LogP contribution < -0.4 is 0 Å². The monoisotopic (exact) mass is 345 g/mol. The van der Waals surface area contributed by atoms with Gasteiger partial charge in [0.25, 0.3) is 5.91 Å². The molecule has 1 aromatic carbocycles. The van der Waals surface area contributed by atoms with E-state index in [0.717, 1.165) is 11.4 Å². The van der Waals surface area contributed by atoms with E-state index in [2.05, 4.69) is 5.10 Å². The molecule has 4 rings (SSSR count). The second-order valence-corrected chi connectivity index (χ2v) is 6.46. The number of carbonyl (C=O) groups excluding carboxylic acids is 1. The highest BCUT2D eigenvalue weighted by molar-refractivity contribution is 5.92. The number of rotatable bonds is 2. The van der Waals surface area contributed by atoms with Gasteiger partial charge in [-0.3, -0.25) is 4.79 Å². The maximum atomic E-state index is 13.1. The number of nitrogens with zero attached hydrogens (tertiary/aromatic N) is 3. The molecule has 2 fully saturated rings. The van der Waals surface area contributed by atoms with Crippen molar-refractivity contribution in [3.05, 3.63) is 47.5 Å². The smallest absolute Gasteiger partial charge is 0.274 e. The third-order valence-corrected chi connectivity index (χ3v) is 4.80. The van der Waals surface area contributed by atoms with E-state index in [1.807, 2.05) is 6.92 Å². The van der Waals surface area contributed by atoms with Crippen molar-refractivity contribution in [1.29, 1.82) is 0 Å². The third kappa shape index (κ3) is 3.05. The first-order valence-electron chi connectivity index (χ1n) is 8.46. The molecule has 0 atom stereocenters. The van der Waals surface area contributed by atoms with Gasteiger partial charge in [0.05, 0.1) is 18.9 Å². The SMILES string of the molecule is Cc1cc(C(=O)N2CCC3(CC2)OCCO3)nn1-c1ccc(F)cc1. The zero-order valence-corrected chi connectivity index (χ0v) is 14.1. The Labute approximate surface area is 145 Å². The Hall–Kier alpha value is -2.25. The fourth-order valence-electron chi connectivity index (χ4n) is 3.42. The van der Waals surface area contributed by atoms with Crippen molar-refractivity contribution >= 4 is 5.91 Å². The molecular weight excluding hydrogens is 325 g/mol. The van der Waals surface area contributed by atoms with Gasteiger partial charge in [-0.05, 0) is 37.3 Å². The Morgan fingerprint density at radius 3 is 2.44 bits per heavy atom. The number of benzene rings is 1. The zero-order valence-electron chi connectivity index (χ0n) is 14.1. The van der Waals surface area contributed by atoms with Gasteiger partial charge in [0, 0.05) is 31.6 Å². The number of amides is 1. The van der Waals surface area contributed by atoms with Crippen LogP contribution in [0.2, 0.25) is 0 Å². The summed E-state index contributed by atoms with van der Waals surface area (Å²) in [6.07, 6.45) is 1.35. The third-order valence-electron chi connectivity index (χ3n) is 4.80. The minimum absolute atomic E-state index is 0.100. The van der Waals surface area contributed by atoms with Crippen LogP contribution in [-0.2, 0) is 9.47 Å². The van der Waals surface area contributed by atoms with E-state index in [4.69, 9.17) is 9.47 Å². The first-order valence-corrected chi connectivity index (χ1v) is 8.46. The van der Waals surface area contributed by atoms with Crippen LogP contribution in [0.1, 0.15) is 29.0 Å². The Bertz CT molecular complexity index is 771. The number of aryl methyl sites for hydroxylation is 1. The molecule has 0 radical (unpaired) electrons. The number of likely N-dealkylation sites (tertiary alicyclic amines) is 1. The summed E-state index contributed by atoms with van der Waals surface area (Å²) in [4.78, 5) is 14.5. The molecule has 6 nitrogen and oxygen atoms in total. The Morgan fingerprint density at radius 1 is 1.16 bits per heavy atom. The lowest BCUT2D eigenvalue weighted by Crippen LogP contribution is -2.47. The Morgan fingerprint density at radius 2 is 1.80 bits per heavy atom. The molecule has 132 valence electrons. The van der Waals surface area contributed by atoms with Gasteiger partial charge in [0.1, 0.15) is 5.82 Å². The number of carbonyl (C=O) groups is 1. The van der Waals surface area contributed by atoms with Crippen molar-refractivity contribution in [2.24, 2.45) is 0 Å². The Kier molecular flexibility index (Phi) is 4.05. The van der Waals surface area contributed by atoms with Gasteiger partial charge in [-0.15, -0.1) is 0 Å². The maximum Gasteiger partial charge on any atom is 0.274 e. The summed E-state index contributed by atoms with van der Waals surface area (Å²) in [5.41, 5.74) is 1.94. The van der Waals surface area contributed by atoms with Crippen LogP contribution in [0.3, 0.4) is 0 Å². The highest BCUT2D eigenvalue weighted by Gasteiger charge is 2.41. The van der Waals surface area contributed by atoms with Crippen LogP contribution in [0, 0.1) is 12.7 Å². The summed E-state index contributed by atoms with van der Waals surface area (Å²) in [5.74, 6) is -0.902. The predicted octanol–water partition coefficient (Wildman–Crippen LogP) is 2.30. The van der Waals surface area contributed by atoms with Crippen molar-refractivity contribution in [1.82, 2.24) is 14.7 Å². The largest absolute Gasteiger partial charge is 0.347 e. The van der Waals surface area contributed by atoms with Gasteiger partial charge in [0.15, 0.2) is 11.5 Å². The van der Waals surface area contributed by atoms with Crippen molar-refractivity contribution in [2.45, 2.75) is 25.6 Å². The maximum absolute atomic E-state index is 13.1. The van der Waals surface area contributed by atoms with E-state index in [1.54, 1.807) is 27.8 Å². The lowest BCUT2D eigenvalue weighted by Gasteiger charge is -2.37. The summed E-state index contributed by atoms with van der Waals surface area (Å²) in [5, 5.41) is 4.41. The molecule has 2 aliphatic rings. The van der Waals surface area contributed by atoms with Crippen LogP contribution in [-0.4, -0.2) is 52.7 Å². The fraction of sp³-hybridized carbons (Fsp3) is 0.444. The molecule has 25 heavy (non-hydrogen) atoms. The van der Waals surface area contributed by atoms with Gasteiger partial charge in [-0.1, -0.05) is 0 Å². The number of hydrogen-bond donors (Lipinski definition) is 0. The van der Waals surface area contributed by atoms with E-state index in [0.29, 0.717) is 44.8 Å². The van der Waals surface area contributed by atoms with Crippen LogP contribution in [0.15, 0.2) is 30.3 Å². The number of halogens is 1. The average Bonchev–Trinajstić information content (AvgIpc) is 3.23. The minimum atomic E-state index is -0.500. The van der Waals surface area contributed by atoms with Crippen molar-refractivity contribution in [3.63, 3.8) is 0 Å². The van der Waals surface area contributed by atoms with Crippen molar-refractivity contribution in [3.8, 4) is 5.69 Å². The highest BCUT2D eigenvalue weighted by atomic mass is 19.1. The fourth-order valence-corrected chi connectivity index (χ4v) is 3.42. The molecule has 0 unspecified atom stereocenters. The molecule has 2 aromatic rings. The first-order chi connectivity index (χ1) is 12.1. The topological polar surface area (TPSA) is 56.6 Å². The number of piperidine rings is 1. The van der Waals surface area contributed by atoms with E-state index >= 15 is 0 Å². The molecule has 0 N–H and O–H groups in total. The normalized spacial score (nSPS) is 19.5. The zero-order chi connectivity index (χ0) is 17.4. The molecule has 2 saturated heterocycles. The molecular formula is C18H20FN3O3. The Balaban J connectivity index is 1.49. The summed E-state index contributed by atoms with van der Waals surface area (Å²) in [6, 6.07) is 7.80. The molecule has 1 amide bonds. The lowest BCUT2D eigenvalue weighted by molar-refractivity contribution is -0.181. The molecule has 2 aliphatic heterocycles. The first kappa shape index (κ1) is 16.2. The standard InChI is InChI=1S/C18H20FN3O3/c1-13-12-16(20-22(13)15-4-2-14(19)3-5-15)17(23)21-8-6-18(7-9-21)24-10-11-25-18/h2-5,12H,6-11H2,1H3. The molecule has 0 saturated carbocycles. The van der Waals surface area contributed by atoms with Crippen LogP contribution in [0.5, 0.6) is 0 Å². The quantitative estimate of drug-likeness (QED) is 0.838. The number of ether oxygens (including phenoxy) is 2. The van der Waals surface area contributed by atoms with Crippen LogP contribution in [0.4, 0.5) is 4.39 Å². The van der Waals surface area contributed by atoms with Gasteiger partial charge >= 0.3 is 0 Å². The molecule has 1 aromatic heterocycles. The van der Waals surface area contributed by atoms with Gasteiger partial charge < -0.3 is 14.4 Å². The number of aromatic nitrogens is 2. The van der Waals surface area contributed by atoms with Crippen LogP contribution in [0.25, 0.3) is 5.69 Å². The molecule has 0 aliphatic carbocycles. The average molecular weight is 345 g/mol. The highest BCUT2D eigenvalue weighted by Crippen LogP contribution is 2.31. The number of hydrogen-bond acceptors (Lipinski definition) is 4. The van der Waals surface area contributed by atoms with E-state index in [1.165, 1.54) is 12.1 Å². The van der Waals surface area contributed by atoms with E-state index in [9.17, 15) is 9.18 Å². The molecule has 7 heteroatoms. The summed E-state index contributed by atoms with van der Waals surface area (Å²) in [6.45, 7) is 4.28. The molecule has 1 spiro atoms. The summed E-state index contributed by atoms with van der Waals surface area (Å²) < 4.78 is 26.1. The molecule has 3 heterocycles. The second-order valence-electron chi connectivity index (χ2n) is 6.46. The van der Waals surface area contributed by atoms with Crippen molar-refractivity contribution in [2.75, 3.05) is 26.3 Å². The lowest BCUT2D eigenvalue weighted by atomic mass is 10.0.